The van der Waals surface area contributed by atoms with Crippen molar-refractivity contribution in [2.24, 2.45) is 0 Å². The number of hydrogen-bond donors (Lipinski definition) is 2. The topological polar surface area (TPSA) is 61.4 Å². The van der Waals surface area contributed by atoms with Crippen LogP contribution in [0.2, 0.25) is 0 Å². The van der Waals surface area contributed by atoms with Gasteiger partial charge in [0.15, 0.2) is 0 Å². The summed E-state index contributed by atoms with van der Waals surface area (Å²) in [6.45, 7) is 5.16. The molecule has 2 aliphatic rings. The van der Waals surface area contributed by atoms with Crippen LogP contribution in [-0.4, -0.2) is 29.7 Å². The predicted octanol–water partition coefficient (Wildman–Crippen LogP) is 2.58. The molecule has 0 aromatic rings. The van der Waals surface area contributed by atoms with E-state index in [0.29, 0.717) is 5.82 Å². The molecule has 0 aromatic heterocycles. The summed E-state index contributed by atoms with van der Waals surface area (Å²) in [7, 11) is 0. The predicted molar refractivity (Wildman–Crippen MR) is 91.2 cm³/mol. The Hall–Kier alpha value is -2.04. The van der Waals surface area contributed by atoms with Crippen molar-refractivity contribution in [2.75, 3.05) is 13.1 Å². The monoisotopic (exact) mass is 317 g/mol. The van der Waals surface area contributed by atoms with E-state index in [2.05, 4.69) is 17.6 Å². The summed E-state index contributed by atoms with van der Waals surface area (Å²) in [4.78, 5) is 25.4. The van der Waals surface area contributed by atoms with Gasteiger partial charge < -0.3 is 15.5 Å². The van der Waals surface area contributed by atoms with E-state index in [1.165, 1.54) is 25.7 Å². The highest BCUT2D eigenvalue weighted by Crippen LogP contribution is 2.16. The number of rotatable bonds is 7. The van der Waals surface area contributed by atoms with Gasteiger partial charge >= 0.3 is 0 Å². The maximum Gasteiger partial charge on any atom is 0.294 e. The summed E-state index contributed by atoms with van der Waals surface area (Å²) in [5, 5.41) is 5.92. The molecule has 0 saturated carbocycles. The molecule has 0 atom stereocenters. The third kappa shape index (κ3) is 4.98. The highest BCUT2D eigenvalue weighted by molar-refractivity contribution is 6.38. The van der Waals surface area contributed by atoms with Gasteiger partial charge in [-0.3, -0.25) is 9.59 Å². The standard InChI is InChI=1S/C18H27N3O2/c1-3-4-5-6-7-8-11-21-13-16(22)18(23)20-17(21)15-10-9-14(2)12-19-15/h9-10,12,19H,3-8,11,13H2,1-2H3,(H,20,23). The SMILES string of the molecule is CCCCCCCCN1CC(=O)C(=O)NC1=C1C=CC(C)=CN1. The number of allylic oxidation sites excluding steroid dienone is 3. The summed E-state index contributed by atoms with van der Waals surface area (Å²) in [6.07, 6.45) is 13.0. The third-order valence-electron chi connectivity index (χ3n) is 4.14. The summed E-state index contributed by atoms with van der Waals surface area (Å²) < 4.78 is 0. The van der Waals surface area contributed by atoms with Crippen molar-refractivity contribution in [3.05, 3.63) is 35.4 Å². The normalized spacial score (nSPS) is 21.1. The molecule has 0 spiro atoms. The van der Waals surface area contributed by atoms with Crippen LogP contribution in [0.4, 0.5) is 0 Å². The van der Waals surface area contributed by atoms with Crippen molar-refractivity contribution in [3.63, 3.8) is 0 Å². The zero-order chi connectivity index (χ0) is 16.7. The fourth-order valence-corrected chi connectivity index (χ4v) is 2.74. The van der Waals surface area contributed by atoms with Gasteiger partial charge in [-0.2, -0.15) is 0 Å². The molecule has 2 heterocycles. The van der Waals surface area contributed by atoms with Crippen LogP contribution in [0.1, 0.15) is 52.4 Å². The second-order valence-corrected chi connectivity index (χ2v) is 6.19. The van der Waals surface area contributed by atoms with Crippen LogP contribution in [-0.2, 0) is 9.59 Å². The maximum absolute atomic E-state index is 11.7. The van der Waals surface area contributed by atoms with Gasteiger partial charge in [-0.05, 0) is 25.0 Å². The largest absolute Gasteiger partial charge is 0.358 e. The maximum atomic E-state index is 11.7. The van der Waals surface area contributed by atoms with E-state index in [1.54, 1.807) is 0 Å². The minimum absolute atomic E-state index is 0.165. The Morgan fingerprint density at radius 3 is 2.52 bits per heavy atom. The van der Waals surface area contributed by atoms with E-state index in [4.69, 9.17) is 0 Å². The van der Waals surface area contributed by atoms with Gasteiger partial charge in [0, 0.05) is 12.7 Å². The Morgan fingerprint density at radius 1 is 1.09 bits per heavy atom. The van der Waals surface area contributed by atoms with E-state index >= 15 is 0 Å². The zero-order valence-corrected chi connectivity index (χ0v) is 14.2. The van der Waals surface area contributed by atoms with E-state index in [1.807, 2.05) is 30.2 Å². The fourth-order valence-electron chi connectivity index (χ4n) is 2.74. The summed E-state index contributed by atoms with van der Waals surface area (Å²) >= 11 is 0. The second-order valence-electron chi connectivity index (χ2n) is 6.19. The molecular formula is C18H27N3O2. The molecule has 2 aliphatic heterocycles. The first-order valence-corrected chi connectivity index (χ1v) is 8.56. The summed E-state index contributed by atoms with van der Waals surface area (Å²) in [5.41, 5.74) is 1.96. The lowest BCUT2D eigenvalue weighted by atomic mass is 10.1. The molecule has 126 valence electrons. The molecule has 0 unspecified atom stereocenters. The molecule has 2 N–H and O–H groups in total. The first-order chi connectivity index (χ1) is 11.1. The van der Waals surface area contributed by atoms with Crippen molar-refractivity contribution in [1.29, 1.82) is 0 Å². The lowest BCUT2D eigenvalue weighted by molar-refractivity contribution is -0.140. The average Bonchev–Trinajstić information content (AvgIpc) is 2.54. The number of Topliss-reactive ketones (excluding diaryl/α,β-unsaturated/α-hetero) is 1. The Balaban J connectivity index is 1.96. The lowest BCUT2D eigenvalue weighted by Crippen LogP contribution is -2.51. The van der Waals surface area contributed by atoms with Crippen molar-refractivity contribution in [3.8, 4) is 0 Å². The smallest absolute Gasteiger partial charge is 0.294 e. The molecule has 1 saturated heterocycles. The molecule has 1 amide bonds. The number of hydrogen-bond acceptors (Lipinski definition) is 4. The molecule has 0 aromatic carbocycles. The number of nitrogens with one attached hydrogen (secondary N) is 2. The van der Waals surface area contributed by atoms with Crippen LogP contribution in [0.5, 0.6) is 0 Å². The third-order valence-corrected chi connectivity index (χ3v) is 4.14. The van der Waals surface area contributed by atoms with Crippen LogP contribution < -0.4 is 10.6 Å². The van der Waals surface area contributed by atoms with E-state index in [-0.39, 0.29) is 12.3 Å². The van der Waals surface area contributed by atoms with Crippen molar-refractivity contribution >= 4 is 11.7 Å². The van der Waals surface area contributed by atoms with Gasteiger partial charge in [0.25, 0.3) is 5.91 Å². The van der Waals surface area contributed by atoms with Crippen LogP contribution in [0, 0.1) is 0 Å². The van der Waals surface area contributed by atoms with E-state index in [9.17, 15) is 9.59 Å². The number of nitrogens with zero attached hydrogens (tertiary/aromatic N) is 1. The van der Waals surface area contributed by atoms with Gasteiger partial charge in [0.2, 0.25) is 5.78 Å². The Bertz CT molecular complexity index is 546. The number of carbonyl (C=O) groups is 2. The lowest BCUT2D eigenvalue weighted by Gasteiger charge is -2.32. The van der Waals surface area contributed by atoms with Crippen molar-refractivity contribution in [1.82, 2.24) is 15.5 Å². The van der Waals surface area contributed by atoms with Crippen molar-refractivity contribution in [2.45, 2.75) is 52.4 Å². The molecule has 5 heteroatoms. The first kappa shape index (κ1) is 17.3. The summed E-state index contributed by atoms with van der Waals surface area (Å²) in [6, 6.07) is 0. The molecule has 23 heavy (non-hydrogen) atoms. The Kier molecular flexibility index (Phi) is 6.44. The van der Waals surface area contributed by atoms with Crippen LogP contribution in [0.15, 0.2) is 35.4 Å². The number of amides is 1. The first-order valence-electron chi connectivity index (χ1n) is 8.56. The summed E-state index contributed by atoms with van der Waals surface area (Å²) in [5.74, 6) is -0.178. The van der Waals surface area contributed by atoms with E-state index < -0.39 is 5.91 Å². The molecule has 0 aliphatic carbocycles. The number of carbonyl (C=O) groups excluding carboxylic acids is 2. The van der Waals surface area contributed by atoms with Gasteiger partial charge in [0.05, 0.1) is 12.2 Å². The molecule has 1 fully saturated rings. The molecule has 2 rings (SSSR count). The highest BCUT2D eigenvalue weighted by Gasteiger charge is 2.29. The number of unbranched alkanes of at least 4 members (excludes halogenated alkanes) is 5. The van der Waals surface area contributed by atoms with Crippen LogP contribution in [0.3, 0.4) is 0 Å². The molecule has 0 bridgehead atoms. The minimum atomic E-state index is -0.520. The molecular weight excluding hydrogens is 290 g/mol. The Labute approximate surface area is 138 Å². The number of ketones is 1. The van der Waals surface area contributed by atoms with Crippen molar-refractivity contribution < 1.29 is 9.59 Å². The highest BCUT2D eigenvalue weighted by atomic mass is 16.2. The second kappa shape index (κ2) is 8.56. The molecule has 5 nitrogen and oxygen atoms in total. The van der Waals surface area contributed by atoms with Gasteiger partial charge in [-0.1, -0.05) is 45.1 Å². The fraction of sp³-hybridized carbons (Fsp3) is 0.556. The van der Waals surface area contributed by atoms with Gasteiger partial charge in [-0.25, -0.2) is 0 Å². The van der Waals surface area contributed by atoms with Crippen LogP contribution >= 0.6 is 0 Å². The minimum Gasteiger partial charge on any atom is -0.358 e. The van der Waals surface area contributed by atoms with E-state index in [0.717, 1.165) is 30.7 Å². The van der Waals surface area contributed by atoms with Gasteiger partial charge in [-0.15, -0.1) is 0 Å². The average molecular weight is 317 g/mol. The Morgan fingerprint density at radius 2 is 1.83 bits per heavy atom. The van der Waals surface area contributed by atoms with Gasteiger partial charge in [0.1, 0.15) is 5.82 Å². The zero-order valence-electron chi connectivity index (χ0n) is 14.2. The quantitative estimate of drug-likeness (QED) is 0.560. The number of dihydropyridines is 1. The van der Waals surface area contributed by atoms with Crippen LogP contribution in [0.25, 0.3) is 0 Å². The molecule has 0 radical (unpaired) electrons.